The molecule has 0 amide bonds. The molecule has 1 atom stereocenters. The average Bonchev–Trinajstić information content (AvgIpc) is 2.39. The summed E-state index contributed by atoms with van der Waals surface area (Å²) in [5.74, 6) is -0.0582. The van der Waals surface area contributed by atoms with E-state index in [0.29, 0.717) is 11.5 Å². The molecule has 2 rings (SSSR count). The van der Waals surface area contributed by atoms with Crippen LogP contribution in [0.15, 0.2) is 18.2 Å². The summed E-state index contributed by atoms with van der Waals surface area (Å²) in [6.07, 6.45) is 3.28. The average molecular weight is 282 g/mol. The van der Waals surface area contributed by atoms with Crippen LogP contribution in [-0.4, -0.2) is 29.6 Å². The van der Waals surface area contributed by atoms with Gasteiger partial charge in [-0.05, 0) is 37.1 Å². The molecule has 0 bridgehead atoms. The molecule has 0 aromatic heterocycles. The van der Waals surface area contributed by atoms with E-state index in [4.69, 9.17) is 22.7 Å². The fourth-order valence-corrected chi connectivity index (χ4v) is 2.81. The van der Waals surface area contributed by atoms with Crippen LogP contribution in [0.4, 0.5) is 4.39 Å². The standard InChI is InChI=1S/C14H19FN2OS/c1-18-13-6-5-10(8-11(13)15)9-17-7-3-2-4-12(17)14(16)19/h5-6,8,12H,2-4,7,9H2,1H3,(H2,16,19). The Morgan fingerprint density at radius 3 is 2.95 bits per heavy atom. The van der Waals surface area contributed by atoms with Crippen LogP contribution >= 0.6 is 12.2 Å². The van der Waals surface area contributed by atoms with Gasteiger partial charge in [0.05, 0.1) is 18.1 Å². The lowest BCUT2D eigenvalue weighted by Crippen LogP contribution is -2.46. The normalized spacial score (nSPS) is 20.2. The number of benzene rings is 1. The van der Waals surface area contributed by atoms with Gasteiger partial charge in [-0.2, -0.15) is 0 Å². The molecule has 1 saturated heterocycles. The number of thiocarbonyl (C=S) groups is 1. The Hall–Kier alpha value is -1.20. The number of likely N-dealkylation sites (tertiary alicyclic amines) is 1. The molecular weight excluding hydrogens is 263 g/mol. The number of hydrogen-bond donors (Lipinski definition) is 1. The summed E-state index contributed by atoms with van der Waals surface area (Å²) in [6, 6.07) is 5.19. The summed E-state index contributed by atoms with van der Waals surface area (Å²) < 4.78 is 18.6. The van der Waals surface area contributed by atoms with Gasteiger partial charge in [-0.15, -0.1) is 0 Å². The first-order chi connectivity index (χ1) is 9.11. The van der Waals surface area contributed by atoms with Crippen LogP contribution < -0.4 is 10.5 Å². The van der Waals surface area contributed by atoms with Crippen LogP contribution in [0, 0.1) is 5.82 Å². The van der Waals surface area contributed by atoms with E-state index < -0.39 is 0 Å². The molecule has 1 aromatic carbocycles. The van der Waals surface area contributed by atoms with Crippen LogP contribution in [0.25, 0.3) is 0 Å². The Morgan fingerprint density at radius 2 is 2.32 bits per heavy atom. The van der Waals surface area contributed by atoms with Crippen LogP contribution in [0.3, 0.4) is 0 Å². The van der Waals surface area contributed by atoms with E-state index in [1.165, 1.54) is 13.2 Å². The summed E-state index contributed by atoms with van der Waals surface area (Å²) in [5, 5.41) is 0. The van der Waals surface area contributed by atoms with Gasteiger partial charge in [-0.3, -0.25) is 4.90 Å². The first-order valence-corrected chi connectivity index (χ1v) is 6.88. The van der Waals surface area contributed by atoms with Crippen molar-refractivity contribution in [2.75, 3.05) is 13.7 Å². The molecule has 1 fully saturated rings. The largest absolute Gasteiger partial charge is 0.494 e. The molecule has 2 N–H and O–H groups in total. The third kappa shape index (κ3) is 3.42. The minimum atomic E-state index is -0.330. The van der Waals surface area contributed by atoms with Crippen LogP contribution in [0.5, 0.6) is 5.75 Å². The van der Waals surface area contributed by atoms with Gasteiger partial charge in [0.15, 0.2) is 11.6 Å². The summed E-state index contributed by atoms with van der Waals surface area (Å²) in [4.78, 5) is 2.77. The van der Waals surface area contributed by atoms with Crippen molar-refractivity contribution >= 4 is 17.2 Å². The number of hydrogen-bond acceptors (Lipinski definition) is 3. The quantitative estimate of drug-likeness (QED) is 0.861. The maximum atomic E-state index is 13.7. The number of nitrogens with zero attached hydrogens (tertiary/aromatic N) is 1. The SMILES string of the molecule is COc1ccc(CN2CCCCC2C(N)=S)cc1F. The lowest BCUT2D eigenvalue weighted by atomic mass is 10.0. The zero-order chi connectivity index (χ0) is 13.8. The first kappa shape index (κ1) is 14.2. The van der Waals surface area contributed by atoms with Crippen molar-refractivity contribution in [3.8, 4) is 5.75 Å². The third-order valence-corrected chi connectivity index (χ3v) is 3.82. The maximum Gasteiger partial charge on any atom is 0.165 e. The fraction of sp³-hybridized carbons (Fsp3) is 0.500. The van der Waals surface area contributed by atoms with E-state index in [0.717, 1.165) is 31.4 Å². The summed E-state index contributed by atoms with van der Waals surface area (Å²) in [6.45, 7) is 1.62. The molecule has 3 nitrogen and oxygen atoms in total. The van der Waals surface area contributed by atoms with Crippen LogP contribution in [0.1, 0.15) is 24.8 Å². The number of piperidine rings is 1. The van der Waals surface area contributed by atoms with E-state index in [1.54, 1.807) is 6.07 Å². The second-order valence-corrected chi connectivity index (χ2v) is 5.32. The Labute approximate surface area is 118 Å². The van der Waals surface area contributed by atoms with Gasteiger partial charge < -0.3 is 10.5 Å². The van der Waals surface area contributed by atoms with Crippen LogP contribution in [-0.2, 0) is 6.54 Å². The van der Waals surface area contributed by atoms with E-state index in [2.05, 4.69) is 4.90 Å². The predicted molar refractivity (Wildman–Crippen MR) is 77.8 cm³/mol. The molecule has 1 heterocycles. The number of rotatable bonds is 4. The highest BCUT2D eigenvalue weighted by atomic mass is 32.1. The Morgan fingerprint density at radius 1 is 1.53 bits per heavy atom. The minimum Gasteiger partial charge on any atom is -0.494 e. The molecule has 19 heavy (non-hydrogen) atoms. The minimum absolute atomic E-state index is 0.133. The highest BCUT2D eigenvalue weighted by Crippen LogP contribution is 2.23. The zero-order valence-electron chi connectivity index (χ0n) is 11.1. The van der Waals surface area contributed by atoms with Crippen molar-refractivity contribution in [2.45, 2.75) is 31.8 Å². The highest BCUT2D eigenvalue weighted by molar-refractivity contribution is 7.80. The van der Waals surface area contributed by atoms with Crippen molar-refractivity contribution < 1.29 is 9.13 Å². The topological polar surface area (TPSA) is 38.5 Å². The van der Waals surface area contributed by atoms with Crippen molar-refractivity contribution in [2.24, 2.45) is 5.73 Å². The van der Waals surface area contributed by atoms with Crippen molar-refractivity contribution in [3.05, 3.63) is 29.6 Å². The zero-order valence-corrected chi connectivity index (χ0v) is 11.9. The van der Waals surface area contributed by atoms with E-state index >= 15 is 0 Å². The fourth-order valence-electron chi connectivity index (χ4n) is 2.55. The Balaban J connectivity index is 2.10. The summed E-state index contributed by atoms with van der Waals surface area (Å²) >= 11 is 5.12. The Kier molecular flexibility index (Phi) is 4.71. The maximum absolute atomic E-state index is 13.7. The van der Waals surface area contributed by atoms with E-state index in [9.17, 15) is 4.39 Å². The van der Waals surface area contributed by atoms with Crippen LogP contribution in [0.2, 0.25) is 0 Å². The molecule has 0 aliphatic carbocycles. The molecule has 1 aromatic rings. The molecule has 104 valence electrons. The molecule has 1 unspecified atom stereocenters. The molecule has 0 spiro atoms. The van der Waals surface area contributed by atoms with E-state index in [1.807, 2.05) is 6.07 Å². The molecule has 0 radical (unpaired) electrons. The van der Waals surface area contributed by atoms with Crippen molar-refractivity contribution in [1.82, 2.24) is 4.90 Å². The number of nitrogens with two attached hydrogens (primary N) is 1. The summed E-state index contributed by atoms with van der Waals surface area (Å²) in [5.41, 5.74) is 6.70. The molecule has 0 saturated carbocycles. The Bertz CT molecular complexity index is 467. The van der Waals surface area contributed by atoms with E-state index in [-0.39, 0.29) is 17.6 Å². The van der Waals surface area contributed by atoms with Gasteiger partial charge in [0.25, 0.3) is 0 Å². The van der Waals surface area contributed by atoms with Gasteiger partial charge in [0.1, 0.15) is 0 Å². The first-order valence-electron chi connectivity index (χ1n) is 6.47. The monoisotopic (exact) mass is 282 g/mol. The number of methoxy groups -OCH3 is 1. The van der Waals surface area contributed by atoms with Crippen molar-refractivity contribution in [1.29, 1.82) is 0 Å². The van der Waals surface area contributed by atoms with Gasteiger partial charge in [-0.25, -0.2) is 4.39 Å². The molecule has 5 heteroatoms. The van der Waals surface area contributed by atoms with Gasteiger partial charge in [0.2, 0.25) is 0 Å². The van der Waals surface area contributed by atoms with Gasteiger partial charge >= 0.3 is 0 Å². The molecule has 1 aliphatic heterocycles. The van der Waals surface area contributed by atoms with Gasteiger partial charge in [0, 0.05) is 6.54 Å². The highest BCUT2D eigenvalue weighted by Gasteiger charge is 2.24. The third-order valence-electron chi connectivity index (χ3n) is 3.54. The smallest absolute Gasteiger partial charge is 0.165 e. The van der Waals surface area contributed by atoms with Crippen molar-refractivity contribution in [3.63, 3.8) is 0 Å². The molecular formula is C14H19FN2OS. The lowest BCUT2D eigenvalue weighted by Gasteiger charge is -2.35. The second-order valence-electron chi connectivity index (χ2n) is 4.85. The predicted octanol–water partition coefficient (Wildman–Crippen LogP) is 2.47. The summed E-state index contributed by atoms with van der Waals surface area (Å²) in [7, 11) is 1.46. The number of halogens is 1. The number of ether oxygens (including phenoxy) is 1. The van der Waals surface area contributed by atoms with Gasteiger partial charge in [-0.1, -0.05) is 24.7 Å². The molecule has 1 aliphatic rings. The second kappa shape index (κ2) is 6.30. The lowest BCUT2D eigenvalue weighted by molar-refractivity contribution is 0.184.